The van der Waals surface area contributed by atoms with E-state index in [9.17, 15) is 4.79 Å². The number of nitrogens with zero attached hydrogens (tertiary/aromatic N) is 2. The zero-order chi connectivity index (χ0) is 23.3. The summed E-state index contributed by atoms with van der Waals surface area (Å²) in [5, 5.41) is 2.80. The molecule has 34 heavy (non-hydrogen) atoms. The van der Waals surface area contributed by atoms with Crippen LogP contribution >= 0.6 is 11.8 Å². The molecule has 168 valence electrons. The van der Waals surface area contributed by atoms with Crippen molar-refractivity contribution in [2.24, 2.45) is 4.99 Å². The number of aliphatic imine (C=N–C) groups is 1. The summed E-state index contributed by atoms with van der Waals surface area (Å²) >= 11 is 1.53. The van der Waals surface area contributed by atoms with E-state index in [2.05, 4.69) is 42.5 Å². The molecule has 2 aliphatic rings. The fraction of sp³-hybridized carbons (Fsp3) is 0.172. The number of fused-ring (bicyclic) bond motifs is 3. The van der Waals surface area contributed by atoms with E-state index in [4.69, 9.17) is 9.73 Å². The van der Waals surface area contributed by atoms with Crippen LogP contribution in [0.1, 0.15) is 23.6 Å². The molecule has 0 N–H and O–H groups in total. The fourth-order valence-electron chi connectivity index (χ4n) is 5.16. The first-order valence-electron chi connectivity index (χ1n) is 11.4. The Balaban J connectivity index is 1.51. The van der Waals surface area contributed by atoms with Gasteiger partial charge < -0.3 is 9.64 Å². The molecule has 0 aromatic heterocycles. The van der Waals surface area contributed by atoms with E-state index in [0.717, 1.165) is 33.3 Å². The molecule has 5 heteroatoms. The topological polar surface area (TPSA) is 41.9 Å². The second-order valence-electron chi connectivity index (χ2n) is 8.94. The van der Waals surface area contributed by atoms with Crippen molar-refractivity contribution in [1.29, 1.82) is 0 Å². The fourth-order valence-corrected chi connectivity index (χ4v) is 6.07. The first-order valence-corrected chi connectivity index (χ1v) is 12.3. The minimum Gasteiger partial charge on any atom is -0.458 e. The highest BCUT2D eigenvalue weighted by molar-refractivity contribution is 8.12. The Morgan fingerprint density at radius 1 is 0.882 bits per heavy atom. The van der Waals surface area contributed by atoms with Crippen molar-refractivity contribution in [2.75, 3.05) is 11.9 Å². The van der Waals surface area contributed by atoms with Crippen LogP contribution in [0.5, 0.6) is 0 Å². The molecular weight excluding hydrogens is 440 g/mol. The Kier molecular flexibility index (Phi) is 4.78. The number of hydrogen-bond acceptors (Lipinski definition) is 4. The molecule has 0 saturated carbocycles. The molecule has 0 saturated heterocycles. The van der Waals surface area contributed by atoms with Gasteiger partial charge in [-0.05, 0) is 41.0 Å². The highest BCUT2D eigenvalue weighted by Gasteiger charge is 2.67. The van der Waals surface area contributed by atoms with Crippen LogP contribution in [0.25, 0.3) is 10.8 Å². The highest BCUT2D eigenvalue weighted by atomic mass is 32.2. The smallest absolute Gasteiger partial charge is 0.264 e. The van der Waals surface area contributed by atoms with E-state index in [-0.39, 0.29) is 5.91 Å². The van der Waals surface area contributed by atoms with Crippen molar-refractivity contribution in [3.63, 3.8) is 0 Å². The van der Waals surface area contributed by atoms with Crippen molar-refractivity contribution < 1.29 is 9.53 Å². The Bertz CT molecular complexity index is 1450. The van der Waals surface area contributed by atoms with Crippen molar-refractivity contribution in [1.82, 2.24) is 0 Å². The molecule has 6 rings (SSSR count). The molecule has 2 aliphatic heterocycles. The summed E-state index contributed by atoms with van der Waals surface area (Å²) in [6.07, 6.45) is 0. The minimum absolute atomic E-state index is 0.0698. The number of carbonyl (C=O) groups excluding carboxylic acids is 1. The number of rotatable bonds is 3. The van der Waals surface area contributed by atoms with Crippen molar-refractivity contribution in [3.8, 4) is 0 Å². The lowest BCUT2D eigenvalue weighted by Gasteiger charge is -2.36. The monoisotopic (exact) mass is 464 g/mol. The summed E-state index contributed by atoms with van der Waals surface area (Å²) in [5.41, 5.74) is 1.70. The summed E-state index contributed by atoms with van der Waals surface area (Å²) in [6.45, 7) is 2.00. The average Bonchev–Trinajstić information content (AvgIpc) is 3.31. The second-order valence-corrected chi connectivity index (χ2v) is 9.87. The van der Waals surface area contributed by atoms with Crippen LogP contribution in [0.3, 0.4) is 0 Å². The normalized spacial score (nSPS) is 23.3. The van der Waals surface area contributed by atoms with E-state index in [0.29, 0.717) is 5.23 Å². The molecule has 1 amide bonds. The van der Waals surface area contributed by atoms with E-state index >= 15 is 0 Å². The SMILES string of the molecule is CN1C(=O)[C@]2(N=C(SCc3ccccc3)O[C@@]2(C)c2ccc3ccccc3c2)c2ccccc21. The van der Waals surface area contributed by atoms with Crippen molar-refractivity contribution in [2.45, 2.75) is 23.8 Å². The van der Waals surface area contributed by atoms with Gasteiger partial charge in [0, 0.05) is 24.1 Å². The number of ether oxygens (including phenoxy) is 1. The maximum atomic E-state index is 14.0. The maximum Gasteiger partial charge on any atom is 0.264 e. The van der Waals surface area contributed by atoms with Crippen LogP contribution in [-0.4, -0.2) is 18.2 Å². The van der Waals surface area contributed by atoms with Gasteiger partial charge in [0.25, 0.3) is 5.91 Å². The van der Waals surface area contributed by atoms with Crippen LogP contribution in [0.2, 0.25) is 0 Å². The zero-order valence-corrected chi connectivity index (χ0v) is 19.9. The lowest BCUT2D eigenvalue weighted by atomic mass is 9.73. The first kappa shape index (κ1) is 21.0. The van der Waals surface area contributed by atoms with E-state index in [1.807, 2.05) is 68.6 Å². The van der Waals surface area contributed by atoms with Gasteiger partial charge in [0.1, 0.15) is 0 Å². The third-order valence-corrected chi connectivity index (χ3v) is 7.91. The van der Waals surface area contributed by atoms with E-state index < -0.39 is 11.1 Å². The molecule has 0 unspecified atom stereocenters. The standard InChI is InChI=1S/C29H24N2O2S/c1-28(23-17-16-21-12-6-7-13-22(21)18-23)29(24-14-8-9-15-25(24)31(2)26(29)32)30-27(33-28)34-19-20-10-4-3-5-11-20/h3-18H,19H2,1-2H3/t28-,29+/m0/s1. The molecule has 0 fully saturated rings. The van der Waals surface area contributed by atoms with Gasteiger partial charge in [-0.3, -0.25) is 4.79 Å². The van der Waals surface area contributed by atoms with Crippen LogP contribution in [0, 0.1) is 0 Å². The van der Waals surface area contributed by atoms with Crippen LogP contribution in [-0.2, 0) is 26.4 Å². The quantitative estimate of drug-likeness (QED) is 0.360. The molecule has 1 spiro atoms. The maximum absolute atomic E-state index is 14.0. The first-order chi connectivity index (χ1) is 16.5. The molecule has 2 heterocycles. The highest BCUT2D eigenvalue weighted by Crippen LogP contribution is 2.58. The summed E-state index contributed by atoms with van der Waals surface area (Å²) in [4.78, 5) is 20.8. The van der Waals surface area contributed by atoms with Crippen LogP contribution in [0.15, 0.2) is 102 Å². The Morgan fingerprint density at radius 3 is 2.41 bits per heavy atom. The van der Waals surface area contributed by atoms with Gasteiger partial charge in [0.2, 0.25) is 10.8 Å². The Labute approximate surface area is 203 Å². The average molecular weight is 465 g/mol. The lowest BCUT2D eigenvalue weighted by molar-refractivity contribution is -0.129. The van der Waals surface area contributed by atoms with E-state index in [1.54, 1.807) is 4.90 Å². The van der Waals surface area contributed by atoms with Gasteiger partial charge in [-0.25, -0.2) is 4.99 Å². The number of benzene rings is 4. The number of likely N-dealkylation sites (N-methyl/N-ethyl adjacent to an activating group) is 1. The zero-order valence-electron chi connectivity index (χ0n) is 19.1. The minimum atomic E-state index is -1.18. The predicted molar refractivity (Wildman–Crippen MR) is 139 cm³/mol. The number of anilines is 1. The largest absolute Gasteiger partial charge is 0.458 e. The van der Waals surface area contributed by atoms with Gasteiger partial charge in [-0.15, -0.1) is 0 Å². The summed E-state index contributed by atoms with van der Waals surface area (Å²) in [7, 11) is 1.82. The van der Waals surface area contributed by atoms with Gasteiger partial charge in [-0.2, -0.15) is 0 Å². The number of amides is 1. The summed E-state index contributed by atoms with van der Waals surface area (Å²) < 4.78 is 6.68. The lowest BCUT2D eigenvalue weighted by Crippen LogP contribution is -2.50. The molecular formula is C29H24N2O2S. The molecule has 0 bridgehead atoms. The second kappa shape index (κ2) is 7.74. The van der Waals surface area contributed by atoms with Crippen LogP contribution in [0.4, 0.5) is 5.69 Å². The van der Waals surface area contributed by atoms with Crippen molar-refractivity contribution in [3.05, 3.63) is 114 Å². The molecule has 4 aromatic rings. The Morgan fingerprint density at radius 2 is 1.59 bits per heavy atom. The van der Waals surface area contributed by atoms with Gasteiger partial charge in [-0.1, -0.05) is 96.7 Å². The number of hydrogen-bond donors (Lipinski definition) is 0. The number of thioether (sulfide) groups is 1. The molecule has 0 radical (unpaired) electrons. The van der Waals surface area contributed by atoms with E-state index in [1.165, 1.54) is 17.3 Å². The van der Waals surface area contributed by atoms with Gasteiger partial charge >= 0.3 is 0 Å². The third-order valence-electron chi connectivity index (χ3n) is 7.02. The predicted octanol–water partition coefficient (Wildman–Crippen LogP) is 6.25. The van der Waals surface area contributed by atoms with Gasteiger partial charge in [0.15, 0.2) is 5.60 Å². The molecule has 2 atom stereocenters. The molecule has 4 nitrogen and oxygen atoms in total. The third kappa shape index (κ3) is 2.93. The summed E-state index contributed by atoms with van der Waals surface area (Å²) in [5.74, 6) is 0.648. The van der Waals surface area contributed by atoms with Crippen LogP contribution < -0.4 is 4.90 Å². The van der Waals surface area contributed by atoms with Crippen molar-refractivity contribution >= 4 is 39.4 Å². The molecule has 0 aliphatic carbocycles. The Hall–Kier alpha value is -3.57. The molecule has 4 aromatic carbocycles. The summed E-state index contributed by atoms with van der Waals surface area (Å²) in [6, 6.07) is 32.7. The number of carbonyl (C=O) groups is 1. The number of para-hydroxylation sites is 1. The van der Waals surface area contributed by atoms with Gasteiger partial charge in [0.05, 0.1) is 0 Å².